The van der Waals surface area contributed by atoms with Crippen molar-refractivity contribution in [3.05, 3.63) is 41.9 Å². The highest BCUT2D eigenvalue weighted by Gasteiger charge is 2.34. The SMILES string of the molecule is Cc1ccc(CN2C(=O)CSC2c2ncc[nH]2)o1. The number of imidazole rings is 1. The number of carbonyl (C=O) groups excluding carboxylic acids is 1. The number of nitrogens with one attached hydrogen (secondary N) is 1. The molecule has 2 aromatic rings. The summed E-state index contributed by atoms with van der Waals surface area (Å²) in [5.74, 6) is 3.09. The molecule has 1 aliphatic rings. The van der Waals surface area contributed by atoms with Crippen molar-refractivity contribution in [2.75, 3.05) is 5.75 Å². The fourth-order valence-corrected chi connectivity index (χ4v) is 3.13. The molecule has 1 aliphatic heterocycles. The summed E-state index contributed by atoms with van der Waals surface area (Å²) in [7, 11) is 0. The minimum absolute atomic E-state index is 0.0436. The van der Waals surface area contributed by atoms with Crippen LogP contribution in [0.3, 0.4) is 0 Å². The zero-order chi connectivity index (χ0) is 12.5. The first-order valence-corrected chi connectivity index (χ1v) is 6.74. The average Bonchev–Trinajstić information content (AvgIpc) is 3.03. The molecule has 0 radical (unpaired) electrons. The lowest BCUT2D eigenvalue weighted by Crippen LogP contribution is -2.28. The molecule has 0 aliphatic carbocycles. The first-order chi connectivity index (χ1) is 8.74. The molecule has 1 N–H and O–H groups in total. The number of thioether (sulfide) groups is 1. The van der Waals surface area contributed by atoms with Crippen LogP contribution in [-0.2, 0) is 11.3 Å². The van der Waals surface area contributed by atoms with E-state index in [0.717, 1.165) is 17.3 Å². The van der Waals surface area contributed by atoms with Crippen LogP contribution in [0.1, 0.15) is 22.7 Å². The van der Waals surface area contributed by atoms with E-state index < -0.39 is 0 Å². The maximum absolute atomic E-state index is 11.9. The van der Waals surface area contributed by atoms with Crippen LogP contribution in [0.5, 0.6) is 0 Å². The monoisotopic (exact) mass is 263 g/mol. The highest BCUT2D eigenvalue weighted by Crippen LogP contribution is 2.37. The average molecular weight is 263 g/mol. The van der Waals surface area contributed by atoms with E-state index in [1.165, 1.54) is 0 Å². The molecule has 1 atom stereocenters. The van der Waals surface area contributed by atoms with Crippen molar-refractivity contribution in [1.29, 1.82) is 0 Å². The summed E-state index contributed by atoms with van der Waals surface area (Å²) in [6.07, 6.45) is 3.47. The van der Waals surface area contributed by atoms with E-state index in [2.05, 4.69) is 9.97 Å². The van der Waals surface area contributed by atoms with Gasteiger partial charge in [-0.3, -0.25) is 4.79 Å². The third-order valence-corrected chi connectivity index (χ3v) is 4.05. The molecule has 5 nitrogen and oxygen atoms in total. The van der Waals surface area contributed by atoms with Crippen LogP contribution in [0.25, 0.3) is 0 Å². The Morgan fingerprint density at radius 2 is 2.50 bits per heavy atom. The van der Waals surface area contributed by atoms with Gasteiger partial charge in [-0.05, 0) is 19.1 Å². The zero-order valence-corrected chi connectivity index (χ0v) is 10.7. The van der Waals surface area contributed by atoms with Gasteiger partial charge in [-0.15, -0.1) is 11.8 Å². The van der Waals surface area contributed by atoms with Gasteiger partial charge in [0.1, 0.15) is 22.7 Å². The van der Waals surface area contributed by atoms with E-state index in [9.17, 15) is 4.79 Å². The molecule has 6 heteroatoms. The molecule has 18 heavy (non-hydrogen) atoms. The summed E-state index contributed by atoms with van der Waals surface area (Å²) in [6, 6.07) is 3.82. The summed E-state index contributed by atoms with van der Waals surface area (Å²) in [4.78, 5) is 21.0. The second-order valence-electron chi connectivity index (χ2n) is 4.17. The van der Waals surface area contributed by atoms with Crippen LogP contribution in [0.2, 0.25) is 0 Å². The number of hydrogen-bond donors (Lipinski definition) is 1. The summed E-state index contributed by atoms with van der Waals surface area (Å²) < 4.78 is 5.53. The lowest BCUT2D eigenvalue weighted by Gasteiger charge is -2.21. The van der Waals surface area contributed by atoms with Gasteiger partial charge in [-0.25, -0.2) is 4.98 Å². The maximum atomic E-state index is 11.9. The van der Waals surface area contributed by atoms with Crippen LogP contribution in [0, 0.1) is 6.92 Å². The van der Waals surface area contributed by atoms with E-state index in [-0.39, 0.29) is 11.3 Å². The van der Waals surface area contributed by atoms with Crippen molar-refractivity contribution >= 4 is 17.7 Å². The van der Waals surface area contributed by atoms with E-state index >= 15 is 0 Å². The highest BCUT2D eigenvalue weighted by molar-refractivity contribution is 8.00. The Hall–Kier alpha value is -1.69. The number of furan rings is 1. The van der Waals surface area contributed by atoms with E-state index in [4.69, 9.17) is 4.42 Å². The molecule has 2 aromatic heterocycles. The molecular weight excluding hydrogens is 250 g/mol. The van der Waals surface area contributed by atoms with E-state index in [0.29, 0.717) is 12.3 Å². The van der Waals surface area contributed by atoms with Crippen molar-refractivity contribution < 1.29 is 9.21 Å². The van der Waals surface area contributed by atoms with Crippen LogP contribution < -0.4 is 0 Å². The Labute approximate surface area is 109 Å². The lowest BCUT2D eigenvalue weighted by atomic mass is 10.3. The number of aromatic nitrogens is 2. The number of rotatable bonds is 3. The third kappa shape index (κ3) is 2.03. The summed E-state index contributed by atoms with van der Waals surface area (Å²) >= 11 is 1.58. The molecule has 1 amide bonds. The minimum atomic E-state index is -0.0436. The molecule has 0 bridgehead atoms. The summed E-state index contributed by atoms with van der Waals surface area (Å²) in [6.45, 7) is 2.39. The van der Waals surface area contributed by atoms with Gasteiger partial charge in [0.15, 0.2) is 0 Å². The fraction of sp³-hybridized carbons (Fsp3) is 0.333. The van der Waals surface area contributed by atoms with Gasteiger partial charge >= 0.3 is 0 Å². The van der Waals surface area contributed by atoms with E-state index in [1.807, 2.05) is 19.1 Å². The first kappa shape index (κ1) is 11.4. The second-order valence-corrected chi connectivity index (χ2v) is 5.24. The largest absolute Gasteiger partial charge is 0.464 e. The van der Waals surface area contributed by atoms with Gasteiger partial charge in [-0.2, -0.15) is 0 Å². The van der Waals surface area contributed by atoms with Gasteiger partial charge in [0, 0.05) is 12.4 Å². The number of aromatic amines is 1. The number of carbonyl (C=O) groups is 1. The van der Waals surface area contributed by atoms with Crippen molar-refractivity contribution in [2.45, 2.75) is 18.8 Å². The maximum Gasteiger partial charge on any atom is 0.234 e. The number of hydrogen-bond acceptors (Lipinski definition) is 4. The summed E-state index contributed by atoms with van der Waals surface area (Å²) in [5, 5.41) is -0.0436. The van der Waals surface area contributed by atoms with Crippen LogP contribution in [-0.4, -0.2) is 26.5 Å². The molecule has 94 valence electrons. The lowest BCUT2D eigenvalue weighted by molar-refractivity contribution is -0.129. The molecule has 3 heterocycles. The molecule has 0 spiro atoms. The number of amides is 1. The van der Waals surface area contributed by atoms with Gasteiger partial charge in [0.25, 0.3) is 0 Å². The van der Waals surface area contributed by atoms with Crippen LogP contribution in [0.15, 0.2) is 28.9 Å². The Morgan fingerprint density at radius 1 is 1.61 bits per heavy atom. The second kappa shape index (κ2) is 4.53. The van der Waals surface area contributed by atoms with Gasteiger partial charge < -0.3 is 14.3 Å². The Kier molecular flexibility index (Phi) is 2.87. The van der Waals surface area contributed by atoms with Crippen molar-refractivity contribution in [3.63, 3.8) is 0 Å². The normalized spacial score (nSPS) is 19.7. The summed E-state index contributed by atoms with van der Waals surface area (Å²) in [5.41, 5.74) is 0. The van der Waals surface area contributed by atoms with Gasteiger partial charge in [-0.1, -0.05) is 0 Å². The standard InChI is InChI=1S/C12H13N3O2S/c1-8-2-3-9(17-8)6-15-10(16)7-18-12(15)11-13-4-5-14-11/h2-5,12H,6-7H2,1H3,(H,13,14). The highest BCUT2D eigenvalue weighted by atomic mass is 32.2. The van der Waals surface area contributed by atoms with Gasteiger partial charge in [0.2, 0.25) is 5.91 Å². The van der Waals surface area contributed by atoms with Crippen LogP contribution >= 0.6 is 11.8 Å². The number of aryl methyl sites for hydroxylation is 1. The first-order valence-electron chi connectivity index (χ1n) is 5.70. The fourth-order valence-electron chi connectivity index (χ4n) is 2.00. The van der Waals surface area contributed by atoms with Gasteiger partial charge in [0.05, 0.1) is 12.3 Å². The molecule has 1 fully saturated rings. The van der Waals surface area contributed by atoms with Crippen LogP contribution in [0.4, 0.5) is 0 Å². The zero-order valence-electron chi connectivity index (χ0n) is 9.92. The third-order valence-electron chi connectivity index (χ3n) is 2.84. The number of nitrogens with zero attached hydrogens (tertiary/aromatic N) is 2. The molecule has 1 unspecified atom stereocenters. The Morgan fingerprint density at radius 3 is 3.17 bits per heavy atom. The molecular formula is C12H13N3O2S. The predicted octanol–water partition coefficient (Wildman–Crippen LogP) is 2.09. The minimum Gasteiger partial charge on any atom is -0.464 e. The molecule has 0 saturated carbocycles. The van der Waals surface area contributed by atoms with E-state index in [1.54, 1.807) is 29.1 Å². The molecule has 3 rings (SSSR count). The van der Waals surface area contributed by atoms with Crippen molar-refractivity contribution in [3.8, 4) is 0 Å². The van der Waals surface area contributed by atoms with Crippen molar-refractivity contribution in [2.24, 2.45) is 0 Å². The Balaban J connectivity index is 1.81. The molecule has 0 aromatic carbocycles. The van der Waals surface area contributed by atoms with Crippen molar-refractivity contribution in [1.82, 2.24) is 14.9 Å². The number of H-pyrrole nitrogens is 1. The Bertz CT molecular complexity index is 549. The molecule has 1 saturated heterocycles. The topological polar surface area (TPSA) is 62.1 Å². The quantitative estimate of drug-likeness (QED) is 0.921. The predicted molar refractivity (Wildman–Crippen MR) is 67.8 cm³/mol. The smallest absolute Gasteiger partial charge is 0.234 e.